The van der Waals surface area contributed by atoms with Gasteiger partial charge in [-0.3, -0.25) is 10.2 Å². The Morgan fingerprint density at radius 3 is 2.50 bits per heavy atom. The van der Waals surface area contributed by atoms with Crippen molar-refractivity contribution in [3.05, 3.63) is 72.9 Å². The summed E-state index contributed by atoms with van der Waals surface area (Å²) in [6.45, 7) is 0. The van der Waals surface area contributed by atoms with Crippen molar-refractivity contribution in [1.29, 1.82) is 0 Å². The van der Waals surface area contributed by atoms with Gasteiger partial charge in [0.05, 0.1) is 16.9 Å². The minimum absolute atomic E-state index is 0.587. The van der Waals surface area contributed by atoms with E-state index in [2.05, 4.69) is 30.4 Å². The molecule has 5 aromatic rings. The molecule has 0 amide bonds. The fourth-order valence-corrected chi connectivity index (χ4v) is 2.97. The number of nitrogens with one attached hydrogen (secondary N) is 2. The monoisotopic (exact) mass is 338 g/mol. The van der Waals surface area contributed by atoms with Gasteiger partial charge in [0.1, 0.15) is 11.4 Å². The molecule has 2 N–H and O–H groups in total. The normalized spacial score (nSPS) is 11.1. The van der Waals surface area contributed by atoms with Gasteiger partial charge in [-0.05, 0) is 18.2 Å². The summed E-state index contributed by atoms with van der Waals surface area (Å²) in [4.78, 5) is 9.06. The van der Waals surface area contributed by atoms with E-state index in [1.807, 2.05) is 66.7 Å². The first-order valence-electron chi connectivity index (χ1n) is 8.26. The lowest BCUT2D eigenvalue weighted by molar-refractivity contribution is 1.06. The summed E-state index contributed by atoms with van der Waals surface area (Å²) >= 11 is 0. The van der Waals surface area contributed by atoms with Crippen molar-refractivity contribution in [2.75, 3.05) is 0 Å². The maximum Gasteiger partial charge on any atom is 0.178 e. The third-order valence-electron chi connectivity index (χ3n) is 4.26. The van der Waals surface area contributed by atoms with Crippen molar-refractivity contribution >= 4 is 10.9 Å². The second-order valence-corrected chi connectivity index (χ2v) is 5.92. The van der Waals surface area contributed by atoms with Gasteiger partial charge in [0.2, 0.25) is 0 Å². The molecule has 6 nitrogen and oxygen atoms in total. The first-order valence-corrected chi connectivity index (χ1v) is 8.26. The van der Waals surface area contributed by atoms with Crippen molar-refractivity contribution in [1.82, 2.24) is 30.4 Å². The molecule has 0 aliphatic rings. The molecular formula is C20H14N6. The minimum Gasteiger partial charge on any atom is -0.277 e. The Balaban J connectivity index is 1.56. The highest BCUT2D eigenvalue weighted by Crippen LogP contribution is 2.26. The lowest BCUT2D eigenvalue weighted by Gasteiger charge is -2.00. The number of fused-ring (bicyclic) bond motifs is 1. The van der Waals surface area contributed by atoms with Gasteiger partial charge in [0, 0.05) is 17.1 Å². The van der Waals surface area contributed by atoms with Gasteiger partial charge in [0.15, 0.2) is 5.82 Å². The summed E-state index contributed by atoms with van der Waals surface area (Å²) in [5, 5.41) is 15.9. The Hall–Kier alpha value is -3.80. The highest BCUT2D eigenvalue weighted by Gasteiger charge is 2.12. The molecule has 6 heteroatoms. The zero-order valence-electron chi connectivity index (χ0n) is 13.7. The molecule has 5 rings (SSSR count). The summed E-state index contributed by atoms with van der Waals surface area (Å²) < 4.78 is 0. The van der Waals surface area contributed by atoms with Crippen LogP contribution in [-0.4, -0.2) is 30.4 Å². The number of nitrogens with zero attached hydrogens (tertiary/aromatic N) is 4. The summed E-state index contributed by atoms with van der Waals surface area (Å²) in [7, 11) is 0. The Bertz CT molecular complexity index is 1190. The number of benzene rings is 2. The minimum atomic E-state index is 0.587. The van der Waals surface area contributed by atoms with Gasteiger partial charge in [-0.1, -0.05) is 48.5 Å². The van der Waals surface area contributed by atoms with Crippen LogP contribution in [0.25, 0.3) is 45.1 Å². The van der Waals surface area contributed by atoms with Crippen LogP contribution >= 0.6 is 0 Å². The summed E-state index contributed by atoms with van der Waals surface area (Å²) in [5.74, 6) is 0.587. The van der Waals surface area contributed by atoms with Crippen LogP contribution in [0.5, 0.6) is 0 Å². The van der Waals surface area contributed by atoms with E-state index in [0.29, 0.717) is 5.82 Å². The van der Waals surface area contributed by atoms with Crippen molar-refractivity contribution in [2.45, 2.75) is 0 Å². The van der Waals surface area contributed by atoms with Crippen LogP contribution in [0, 0.1) is 0 Å². The maximum absolute atomic E-state index is 4.68. The van der Waals surface area contributed by atoms with Gasteiger partial charge in [-0.25, -0.2) is 9.97 Å². The zero-order valence-corrected chi connectivity index (χ0v) is 13.7. The number of rotatable bonds is 3. The predicted molar refractivity (Wildman–Crippen MR) is 100 cm³/mol. The van der Waals surface area contributed by atoms with Gasteiger partial charge < -0.3 is 0 Å². The first kappa shape index (κ1) is 14.5. The van der Waals surface area contributed by atoms with Gasteiger partial charge >= 0.3 is 0 Å². The van der Waals surface area contributed by atoms with Crippen molar-refractivity contribution in [3.8, 4) is 34.2 Å². The molecule has 0 saturated carbocycles. The molecule has 0 fully saturated rings. The average molecular weight is 338 g/mol. The largest absolute Gasteiger partial charge is 0.277 e. The van der Waals surface area contributed by atoms with Crippen LogP contribution in [0.15, 0.2) is 72.9 Å². The number of H-pyrrole nitrogens is 2. The molecule has 0 unspecified atom stereocenters. The molecule has 0 atom stereocenters. The van der Waals surface area contributed by atoms with Crippen LogP contribution in [0.3, 0.4) is 0 Å². The third-order valence-corrected chi connectivity index (χ3v) is 4.26. The second kappa shape index (κ2) is 5.93. The van der Waals surface area contributed by atoms with E-state index in [-0.39, 0.29) is 0 Å². The van der Waals surface area contributed by atoms with Gasteiger partial charge in [0.25, 0.3) is 0 Å². The van der Waals surface area contributed by atoms with E-state index < -0.39 is 0 Å². The fraction of sp³-hybridized carbons (Fsp3) is 0. The SMILES string of the molecule is c1ccc(-c2cc(-c3nccc(-c4n[nH]c5ccccc45)n3)[nH]n2)cc1. The van der Waals surface area contributed by atoms with E-state index in [1.54, 1.807) is 6.20 Å². The van der Waals surface area contributed by atoms with Gasteiger partial charge in [-0.15, -0.1) is 0 Å². The average Bonchev–Trinajstić information content (AvgIpc) is 3.36. The molecule has 0 spiro atoms. The van der Waals surface area contributed by atoms with E-state index in [9.17, 15) is 0 Å². The lowest BCUT2D eigenvalue weighted by Crippen LogP contribution is -1.92. The predicted octanol–water partition coefficient (Wildman–Crippen LogP) is 4.08. The Morgan fingerprint density at radius 2 is 1.58 bits per heavy atom. The lowest BCUT2D eigenvalue weighted by atomic mass is 10.1. The van der Waals surface area contributed by atoms with E-state index in [0.717, 1.165) is 39.2 Å². The second-order valence-electron chi connectivity index (χ2n) is 5.92. The molecule has 0 saturated heterocycles. The van der Waals surface area contributed by atoms with Crippen LogP contribution in [0.4, 0.5) is 0 Å². The Kier molecular flexibility index (Phi) is 3.31. The highest BCUT2D eigenvalue weighted by atomic mass is 15.1. The third kappa shape index (κ3) is 2.44. The molecular weight excluding hydrogens is 324 g/mol. The molecule has 0 radical (unpaired) electrons. The number of para-hydroxylation sites is 1. The van der Waals surface area contributed by atoms with Crippen LogP contribution in [-0.2, 0) is 0 Å². The molecule has 0 aliphatic heterocycles. The van der Waals surface area contributed by atoms with Crippen molar-refractivity contribution < 1.29 is 0 Å². The van der Waals surface area contributed by atoms with Crippen LogP contribution in [0.1, 0.15) is 0 Å². The molecule has 2 aromatic carbocycles. The molecule has 3 aromatic heterocycles. The number of hydrogen-bond donors (Lipinski definition) is 2. The molecule has 124 valence electrons. The molecule has 3 heterocycles. The van der Waals surface area contributed by atoms with E-state index in [1.165, 1.54) is 0 Å². The number of hydrogen-bond acceptors (Lipinski definition) is 4. The summed E-state index contributed by atoms with van der Waals surface area (Å²) in [6.07, 6.45) is 1.74. The molecule has 0 aliphatic carbocycles. The summed E-state index contributed by atoms with van der Waals surface area (Å²) in [5.41, 5.74) is 5.24. The van der Waals surface area contributed by atoms with E-state index >= 15 is 0 Å². The van der Waals surface area contributed by atoms with Crippen molar-refractivity contribution in [3.63, 3.8) is 0 Å². The zero-order chi connectivity index (χ0) is 17.3. The number of aromatic nitrogens is 6. The number of aromatic amines is 2. The summed E-state index contributed by atoms with van der Waals surface area (Å²) in [6, 6.07) is 21.8. The quantitative estimate of drug-likeness (QED) is 0.519. The van der Waals surface area contributed by atoms with Crippen molar-refractivity contribution in [2.24, 2.45) is 0 Å². The first-order chi connectivity index (χ1) is 12.9. The standard InChI is InChI=1S/C20H14N6/c1-2-6-13(7-3-1)17-12-18(25-24-17)20-21-11-10-16(22-20)19-14-8-4-5-9-15(14)23-26-19/h1-12H,(H,23,26)(H,24,25). The fourth-order valence-electron chi connectivity index (χ4n) is 2.97. The topological polar surface area (TPSA) is 83.1 Å². The highest BCUT2D eigenvalue weighted by molar-refractivity contribution is 5.91. The Morgan fingerprint density at radius 1 is 0.731 bits per heavy atom. The van der Waals surface area contributed by atoms with Crippen LogP contribution < -0.4 is 0 Å². The van der Waals surface area contributed by atoms with E-state index in [4.69, 9.17) is 0 Å². The van der Waals surface area contributed by atoms with Crippen LogP contribution in [0.2, 0.25) is 0 Å². The Labute approximate surface area is 149 Å². The maximum atomic E-state index is 4.68. The molecule has 26 heavy (non-hydrogen) atoms. The smallest absolute Gasteiger partial charge is 0.178 e. The van der Waals surface area contributed by atoms with Gasteiger partial charge in [-0.2, -0.15) is 10.2 Å². The molecule has 0 bridgehead atoms.